The predicted octanol–water partition coefficient (Wildman–Crippen LogP) is 0.448. The molecule has 1 aromatic rings. The van der Waals surface area contributed by atoms with Gasteiger partial charge in [-0.3, -0.25) is 19.4 Å². The van der Waals surface area contributed by atoms with Crippen molar-refractivity contribution in [3.05, 3.63) is 32.8 Å². The summed E-state index contributed by atoms with van der Waals surface area (Å²) in [7, 11) is 0. The van der Waals surface area contributed by atoms with Crippen molar-refractivity contribution < 1.29 is 24.7 Å². The van der Waals surface area contributed by atoms with Gasteiger partial charge in [0.05, 0.1) is 0 Å². The van der Waals surface area contributed by atoms with Crippen LogP contribution in [0.3, 0.4) is 0 Å². The standard InChI is InChI=1S/C20H24ClN7O5S3/c21-15-11(25-20(22)36-15)12(26-33)16(29)24-13-17(30)28-14(19(31)32)10(9-35-18(13)28)1-7-34-8-6-27-4-2-23-3-5-27/h1,7,13,18,23,33H,2-6,8-9H2,(H2,22,25)(H,24,29)(H,31,32)/b7-1?,26-12-/t13-,18-/m1/s1. The van der Waals surface area contributed by atoms with E-state index in [2.05, 4.69) is 25.7 Å². The van der Waals surface area contributed by atoms with Crippen LogP contribution in [0.25, 0.3) is 0 Å². The van der Waals surface area contributed by atoms with Crippen molar-refractivity contribution in [2.45, 2.75) is 11.4 Å². The number of rotatable bonds is 9. The second kappa shape index (κ2) is 11.8. The summed E-state index contributed by atoms with van der Waals surface area (Å²) in [6.07, 6.45) is 1.74. The van der Waals surface area contributed by atoms with Crippen LogP contribution in [0, 0.1) is 0 Å². The Bertz CT molecular complexity index is 1130. The topological polar surface area (TPSA) is 173 Å². The van der Waals surface area contributed by atoms with Crippen molar-refractivity contribution in [1.29, 1.82) is 0 Å². The van der Waals surface area contributed by atoms with Gasteiger partial charge in [0, 0.05) is 44.2 Å². The molecule has 2 atom stereocenters. The summed E-state index contributed by atoms with van der Waals surface area (Å²) in [4.78, 5) is 45.0. The number of thioether (sulfide) groups is 2. The van der Waals surface area contributed by atoms with E-state index in [1.807, 2.05) is 5.41 Å². The summed E-state index contributed by atoms with van der Waals surface area (Å²) in [6, 6.07) is -0.998. The molecule has 1 aromatic heterocycles. The van der Waals surface area contributed by atoms with Crippen LogP contribution in [0.5, 0.6) is 0 Å². The first-order chi connectivity index (χ1) is 17.3. The average molecular weight is 574 g/mol. The number of aromatic nitrogens is 1. The monoisotopic (exact) mass is 573 g/mol. The Morgan fingerprint density at radius 2 is 2.14 bits per heavy atom. The number of carbonyl (C=O) groups is 3. The number of allylic oxidation sites excluding steroid dienone is 1. The third kappa shape index (κ3) is 5.65. The van der Waals surface area contributed by atoms with E-state index < -0.39 is 34.9 Å². The molecule has 12 nitrogen and oxygen atoms in total. The fourth-order valence-corrected chi connectivity index (χ4v) is 6.97. The zero-order valence-corrected chi connectivity index (χ0v) is 22.1. The van der Waals surface area contributed by atoms with Gasteiger partial charge >= 0.3 is 5.97 Å². The number of hydrogen-bond donors (Lipinski definition) is 5. The summed E-state index contributed by atoms with van der Waals surface area (Å²) in [5, 5.41) is 29.2. The second-order valence-corrected chi connectivity index (χ2v) is 11.7. The van der Waals surface area contributed by atoms with Gasteiger partial charge in [0.25, 0.3) is 11.8 Å². The van der Waals surface area contributed by atoms with Crippen LogP contribution < -0.4 is 16.4 Å². The van der Waals surface area contributed by atoms with Gasteiger partial charge in [-0.05, 0) is 17.1 Å². The first kappa shape index (κ1) is 26.8. The predicted molar refractivity (Wildman–Crippen MR) is 140 cm³/mol. The summed E-state index contributed by atoms with van der Waals surface area (Å²) in [6.45, 7) is 4.95. The number of nitrogens with zero attached hydrogens (tertiary/aromatic N) is 4. The Kier molecular flexibility index (Phi) is 8.79. The third-order valence-electron chi connectivity index (χ3n) is 5.73. The molecule has 0 aromatic carbocycles. The molecule has 0 radical (unpaired) electrons. The van der Waals surface area contributed by atoms with E-state index in [1.165, 1.54) is 16.7 Å². The molecule has 36 heavy (non-hydrogen) atoms. The summed E-state index contributed by atoms with van der Waals surface area (Å²) in [5.41, 5.74) is 5.42. The molecule has 4 rings (SSSR count). The van der Waals surface area contributed by atoms with Gasteiger partial charge in [-0.1, -0.05) is 28.1 Å². The minimum Gasteiger partial charge on any atom is -0.477 e. The van der Waals surface area contributed by atoms with Crippen LogP contribution in [0.4, 0.5) is 5.13 Å². The van der Waals surface area contributed by atoms with Crippen LogP contribution in [0.1, 0.15) is 5.69 Å². The molecule has 0 aliphatic carbocycles. The van der Waals surface area contributed by atoms with Gasteiger partial charge < -0.3 is 26.7 Å². The number of nitrogens with two attached hydrogens (primary N) is 1. The fraction of sp³-hybridized carbons (Fsp3) is 0.450. The largest absolute Gasteiger partial charge is 0.477 e. The highest BCUT2D eigenvalue weighted by molar-refractivity contribution is 8.02. The molecule has 2 fully saturated rings. The maximum atomic E-state index is 12.9. The lowest BCUT2D eigenvalue weighted by atomic mass is 10.0. The lowest BCUT2D eigenvalue weighted by Crippen LogP contribution is -2.71. The van der Waals surface area contributed by atoms with Crippen molar-refractivity contribution in [3.8, 4) is 0 Å². The highest BCUT2D eigenvalue weighted by atomic mass is 35.5. The van der Waals surface area contributed by atoms with E-state index in [1.54, 1.807) is 17.8 Å². The molecule has 3 aliphatic rings. The third-order valence-corrected chi connectivity index (χ3v) is 8.86. The minimum atomic E-state index is -1.22. The van der Waals surface area contributed by atoms with E-state index in [0.717, 1.165) is 49.8 Å². The van der Waals surface area contributed by atoms with Crippen molar-refractivity contribution >= 4 is 75.1 Å². The number of piperazine rings is 1. The number of carboxylic acids is 1. The number of oxime groups is 1. The Hall–Kier alpha value is -2.30. The van der Waals surface area contributed by atoms with Crippen LogP contribution in [0.15, 0.2) is 27.9 Å². The number of hydrogen-bond acceptors (Lipinski definition) is 12. The van der Waals surface area contributed by atoms with Crippen LogP contribution in [-0.2, 0) is 14.4 Å². The van der Waals surface area contributed by atoms with E-state index in [-0.39, 0.29) is 20.9 Å². The molecule has 2 amide bonds. The Balaban J connectivity index is 1.38. The van der Waals surface area contributed by atoms with Crippen molar-refractivity contribution in [2.75, 3.05) is 50.0 Å². The molecule has 0 saturated carbocycles. The maximum Gasteiger partial charge on any atom is 0.352 e. The fourth-order valence-electron chi connectivity index (χ4n) is 3.96. The maximum absolute atomic E-state index is 12.9. The molecule has 4 heterocycles. The average Bonchev–Trinajstić information content (AvgIpc) is 3.20. The Morgan fingerprint density at radius 1 is 1.39 bits per heavy atom. The Labute approximate surface area is 224 Å². The van der Waals surface area contributed by atoms with Crippen LogP contribution in [0.2, 0.25) is 4.34 Å². The molecular formula is C20H24ClN7O5S3. The summed E-state index contributed by atoms with van der Waals surface area (Å²) < 4.78 is 0.0578. The molecule has 0 unspecified atom stereocenters. The minimum absolute atomic E-state index is 0.0578. The molecule has 16 heteroatoms. The number of fused-ring (bicyclic) bond motifs is 1. The first-order valence-corrected chi connectivity index (χ1v) is 14.2. The number of halogens is 1. The summed E-state index contributed by atoms with van der Waals surface area (Å²) >= 11 is 9.83. The number of thiazole rings is 1. The van der Waals surface area contributed by atoms with Crippen molar-refractivity contribution in [2.24, 2.45) is 5.16 Å². The van der Waals surface area contributed by atoms with E-state index in [9.17, 15) is 24.7 Å². The smallest absolute Gasteiger partial charge is 0.352 e. The number of nitrogens with one attached hydrogen (secondary N) is 2. The normalized spacial score (nSPS) is 23.1. The van der Waals surface area contributed by atoms with Gasteiger partial charge in [-0.2, -0.15) is 0 Å². The van der Waals surface area contributed by atoms with Gasteiger partial charge in [0.2, 0.25) is 0 Å². The molecule has 2 saturated heterocycles. The zero-order chi connectivity index (χ0) is 25.8. The van der Waals surface area contributed by atoms with E-state index in [0.29, 0.717) is 11.3 Å². The van der Waals surface area contributed by atoms with E-state index >= 15 is 0 Å². The number of aliphatic carboxylic acids is 1. The van der Waals surface area contributed by atoms with Crippen molar-refractivity contribution in [3.63, 3.8) is 0 Å². The number of amides is 2. The lowest BCUT2D eigenvalue weighted by molar-refractivity contribution is -0.150. The van der Waals surface area contributed by atoms with E-state index in [4.69, 9.17) is 17.3 Å². The lowest BCUT2D eigenvalue weighted by Gasteiger charge is -2.49. The van der Waals surface area contributed by atoms with Gasteiger partial charge in [-0.15, -0.1) is 23.5 Å². The number of carboxylic acid groups (broad SMARTS) is 1. The molecule has 0 spiro atoms. The molecule has 0 bridgehead atoms. The number of β-lactam (4-membered cyclic amide) rings is 1. The SMILES string of the molecule is Nc1nc(/C(=N/O)C(=O)N[C@@H]2C(=O)N3C(C(=O)O)=C(C=CSCCN4CCNCC4)CS[C@H]23)c(Cl)s1. The molecule has 6 N–H and O–H groups in total. The second-order valence-electron chi connectivity index (χ2n) is 7.93. The molecule has 3 aliphatic heterocycles. The highest BCUT2D eigenvalue weighted by Crippen LogP contribution is 2.41. The van der Waals surface area contributed by atoms with Gasteiger partial charge in [0.15, 0.2) is 10.8 Å². The highest BCUT2D eigenvalue weighted by Gasteiger charge is 2.54. The van der Waals surface area contributed by atoms with Gasteiger partial charge in [-0.25, -0.2) is 9.78 Å². The van der Waals surface area contributed by atoms with Crippen LogP contribution >= 0.6 is 46.5 Å². The van der Waals surface area contributed by atoms with Crippen LogP contribution in [-0.4, -0.2) is 104 Å². The quantitative estimate of drug-likeness (QED) is 0.0912. The molecule has 194 valence electrons. The first-order valence-electron chi connectivity index (χ1n) is 10.9. The van der Waals surface area contributed by atoms with Gasteiger partial charge in [0.1, 0.15) is 27.1 Å². The number of carbonyl (C=O) groups excluding carboxylic acids is 2. The number of nitrogen functional groups attached to an aromatic ring is 1. The van der Waals surface area contributed by atoms with Crippen molar-refractivity contribution in [1.82, 2.24) is 25.4 Å². The zero-order valence-electron chi connectivity index (χ0n) is 18.8. The Morgan fingerprint density at radius 3 is 2.78 bits per heavy atom. The molecular weight excluding hydrogens is 550 g/mol. The number of anilines is 1. The summed E-state index contributed by atoms with van der Waals surface area (Å²) in [5.74, 6) is -1.44.